The van der Waals surface area contributed by atoms with Gasteiger partial charge < -0.3 is 9.84 Å². The Hall–Kier alpha value is -3.04. The first kappa shape index (κ1) is 21.7. The molecule has 0 atom stereocenters. The van der Waals surface area contributed by atoms with Gasteiger partial charge in [-0.15, -0.1) is 0 Å². The lowest BCUT2D eigenvalue weighted by Gasteiger charge is -2.14. The van der Waals surface area contributed by atoms with Crippen molar-refractivity contribution in [1.29, 1.82) is 0 Å². The number of aryl methyl sites for hydroxylation is 2. The largest absolute Gasteiger partial charge is 0.507 e. The smallest absolute Gasteiger partial charge is 0.261 e. The number of benzene rings is 3. The summed E-state index contributed by atoms with van der Waals surface area (Å²) in [6.07, 6.45) is 0. The summed E-state index contributed by atoms with van der Waals surface area (Å²) in [5.74, 6) is 0.00947. The molecule has 0 radical (unpaired) electrons. The molecule has 0 fully saturated rings. The monoisotopic (exact) mass is 447 g/mol. The van der Waals surface area contributed by atoms with Crippen molar-refractivity contribution in [2.24, 2.45) is 0 Å². The molecule has 3 aromatic carbocycles. The maximum Gasteiger partial charge on any atom is 0.261 e. The standard InChI is InChI=1S/C21H21NO6S2/c1-14-4-8-18(9-5-14)30(26,27)22-19-13-21(20(23)12-15(19)2)29(24,25)17-10-6-16(28-3)7-11-17/h4-13,22-23H,1-3H3. The lowest BCUT2D eigenvalue weighted by molar-refractivity contribution is 0.414. The lowest BCUT2D eigenvalue weighted by Crippen LogP contribution is -2.14. The van der Waals surface area contributed by atoms with Gasteiger partial charge in [0.25, 0.3) is 10.0 Å². The van der Waals surface area contributed by atoms with E-state index in [9.17, 15) is 21.9 Å². The van der Waals surface area contributed by atoms with E-state index in [2.05, 4.69) is 4.72 Å². The van der Waals surface area contributed by atoms with E-state index in [1.807, 2.05) is 6.92 Å². The summed E-state index contributed by atoms with van der Waals surface area (Å²) in [6, 6.07) is 14.3. The molecule has 7 nitrogen and oxygen atoms in total. The Balaban J connectivity index is 2.04. The molecule has 0 aliphatic rings. The highest BCUT2D eigenvalue weighted by Gasteiger charge is 2.25. The van der Waals surface area contributed by atoms with Crippen LogP contribution in [0.4, 0.5) is 5.69 Å². The summed E-state index contributed by atoms with van der Waals surface area (Å²) < 4.78 is 58.9. The number of anilines is 1. The molecule has 0 spiro atoms. The van der Waals surface area contributed by atoms with Crippen LogP contribution in [0.5, 0.6) is 11.5 Å². The second-order valence-corrected chi connectivity index (χ2v) is 10.3. The molecule has 0 bridgehead atoms. The number of phenolic OH excluding ortho intramolecular Hbond substituents is 1. The Morgan fingerprint density at radius 2 is 1.40 bits per heavy atom. The fraction of sp³-hybridized carbons (Fsp3) is 0.143. The fourth-order valence-electron chi connectivity index (χ4n) is 2.80. The number of methoxy groups -OCH3 is 1. The number of nitrogens with one attached hydrogen (secondary N) is 1. The molecule has 0 aliphatic heterocycles. The Morgan fingerprint density at radius 1 is 0.833 bits per heavy atom. The van der Waals surface area contributed by atoms with Crippen molar-refractivity contribution in [3.05, 3.63) is 71.8 Å². The summed E-state index contributed by atoms with van der Waals surface area (Å²) in [5, 5.41) is 10.3. The first-order valence-corrected chi connectivity index (χ1v) is 11.8. The van der Waals surface area contributed by atoms with Crippen molar-refractivity contribution in [2.45, 2.75) is 28.5 Å². The van der Waals surface area contributed by atoms with Gasteiger partial charge >= 0.3 is 0 Å². The molecule has 0 amide bonds. The molecule has 0 aliphatic carbocycles. The van der Waals surface area contributed by atoms with E-state index in [-0.39, 0.29) is 15.5 Å². The molecule has 30 heavy (non-hydrogen) atoms. The molecule has 0 heterocycles. The molecule has 9 heteroatoms. The highest BCUT2D eigenvalue weighted by atomic mass is 32.2. The van der Waals surface area contributed by atoms with Crippen LogP contribution in [0.1, 0.15) is 11.1 Å². The van der Waals surface area contributed by atoms with Gasteiger partial charge in [-0.2, -0.15) is 0 Å². The van der Waals surface area contributed by atoms with Crippen molar-refractivity contribution in [1.82, 2.24) is 0 Å². The van der Waals surface area contributed by atoms with E-state index in [1.54, 1.807) is 19.1 Å². The van der Waals surface area contributed by atoms with Crippen LogP contribution in [-0.2, 0) is 19.9 Å². The number of phenols is 1. The predicted molar refractivity (Wildman–Crippen MR) is 113 cm³/mol. The topological polar surface area (TPSA) is 110 Å². The van der Waals surface area contributed by atoms with Crippen molar-refractivity contribution in [2.75, 3.05) is 11.8 Å². The molecule has 0 unspecified atom stereocenters. The van der Waals surface area contributed by atoms with Gasteiger partial charge in [0.15, 0.2) is 0 Å². The third-order valence-corrected chi connectivity index (χ3v) is 7.72. The zero-order chi connectivity index (χ0) is 22.1. The van der Waals surface area contributed by atoms with Crippen molar-refractivity contribution >= 4 is 25.5 Å². The van der Waals surface area contributed by atoms with Gasteiger partial charge in [0.1, 0.15) is 16.4 Å². The number of hydrogen-bond acceptors (Lipinski definition) is 6. The predicted octanol–water partition coefficient (Wildman–Crippen LogP) is 3.65. The second kappa shape index (κ2) is 8.00. The minimum Gasteiger partial charge on any atom is -0.507 e. The van der Waals surface area contributed by atoms with Gasteiger partial charge in [-0.3, -0.25) is 4.72 Å². The normalized spacial score (nSPS) is 11.8. The van der Waals surface area contributed by atoms with E-state index in [0.717, 1.165) is 11.6 Å². The summed E-state index contributed by atoms with van der Waals surface area (Å²) in [5.41, 5.74) is 1.33. The summed E-state index contributed by atoms with van der Waals surface area (Å²) in [6.45, 7) is 3.40. The Morgan fingerprint density at radius 3 is 1.97 bits per heavy atom. The van der Waals surface area contributed by atoms with Crippen LogP contribution in [0.3, 0.4) is 0 Å². The van der Waals surface area contributed by atoms with E-state index in [0.29, 0.717) is 11.3 Å². The summed E-state index contributed by atoms with van der Waals surface area (Å²) in [7, 11) is -6.58. The zero-order valence-electron chi connectivity index (χ0n) is 16.6. The van der Waals surface area contributed by atoms with Crippen LogP contribution in [0.2, 0.25) is 0 Å². The van der Waals surface area contributed by atoms with E-state index in [4.69, 9.17) is 4.74 Å². The first-order valence-electron chi connectivity index (χ1n) is 8.87. The van der Waals surface area contributed by atoms with Crippen molar-refractivity contribution in [3.8, 4) is 11.5 Å². The molecule has 2 N–H and O–H groups in total. The maximum atomic E-state index is 13.0. The SMILES string of the molecule is COc1ccc(S(=O)(=O)c2cc(NS(=O)(=O)c3ccc(C)cc3)c(C)cc2O)cc1. The van der Waals surface area contributed by atoms with E-state index in [1.165, 1.54) is 49.6 Å². The minimum atomic E-state index is -4.10. The fourth-order valence-corrected chi connectivity index (χ4v) is 5.28. The molecule has 0 saturated heterocycles. The van der Waals surface area contributed by atoms with E-state index < -0.39 is 30.5 Å². The van der Waals surface area contributed by atoms with Gasteiger partial charge in [0.05, 0.1) is 22.6 Å². The van der Waals surface area contributed by atoms with Gasteiger partial charge in [-0.1, -0.05) is 17.7 Å². The average Bonchev–Trinajstić information content (AvgIpc) is 2.70. The Labute approximate surface area is 175 Å². The zero-order valence-corrected chi connectivity index (χ0v) is 18.2. The van der Waals surface area contributed by atoms with Gasteiger partial charge in [0.2, 0.25) is 9.84 Å². The molecule has 0 saturated carbocycles. The quantitative estimate of drug-likeness (QED) is 0.558. The van der Waals surface area contributed by atoms with E-state index >= 15 is 0 Å². The Bertz CT molecular complexity index is 1280. The number of ether oxygens (including phenoxy) is 1. The van der Waals surface area contributed by atoms with Crippen LogP contribution in [0.25, 0.3) is 0 Å². The molecule has 158 valence electrons. The first-order chi connectivity index (χ1) is 14.0. The van der Waals surface area contributed by atoms with Crippen molar-refractivity contribution < 1.29 is 26.7 Å². The van der Waals surface area contributed by atoms with Crippen LogP contribution < -0.4 is 9.46 Å². The maximum absolute atomic E-state index is 13.0. The third kappa shape index (κ3) is 4.27. The second-order valence-electron chi connectivity index (χ2n) is 6.73. The van der Waals surface area contributed by atoms with Gasteiger partial charge in [-0.25, -0.2) is 16.8 Å². The highest BCUT2D eigenvalue weighted by molar-refractivity contribution is 7.93. The van der Waals surface area contributed by atoms with Crippen LogP contribution >= 0.6 is 0 Å². The number of rotatable bonds is 6. The molecule has 0 aromatic heterocycles. The number of sulfonamides is 1. The minimum absolute atomic E-state index is 0.0418. The number of hydrogen-bond donors (Lipinski definition) is 2. The molecule has 3 aromatic rings. The van der Waals surface area contributed by atoms with Crippen LogP contribution in [-0.4, -0.2) is 29.1 Å². The molecular formula is C21H21NO6S2. The third-order valence-electron chi connectivity index (χ3n) is 4.54. The molecule has 3 rings (SSSR count). The van der Waals surface area contributed by atoms with Gasteiger partial charge in [0, 0.05) is 0 Å². The lowest BCUT2D eigenvalue weighted by atomic mass is 10.2. The number of aromatic hydroxyl groups is 1. The van der Waals surface area contributed by atoms with Crippen LogP contribution in [0.15, 0.2) is 75.4 Å². The molecular weight excluding hydrogens is 426 g/mol. The highest BCUT2D eigenvalue weighted by Crippen LogP contribution is 2.34. The Kier molecular flexibility index (Phi) is 5.78. The van der Waals surface area contributed by atoms with Gasteiger partial charge in [-0.05, 0) is 67.9 Å². The van der Waals surface area contributed by atoms with Crippen molar-refractivity contribution in [3.63, 3.8) is 0 Å². The average molecular weight is 448 g/mol. The van der Waals surface area contributed by atoms with Crippen LogP contribution in [0, 0.1) is 13.8 Å². The summed E-state index contributed by atoms with van der Waals surface area (Å²) in [4.78, 5) is -0.421. The number of sulfone groups is 1. The summed E-state index contributed by atoms with van der Waals surface area (Å²) >= 11 is 0.